The van der Waals surface area contributed by atoms with Crippen LogP contribution in [-0.4, -0.2) is 23.9 Å². The maximum atomic E-state index is 3.89. The second-order valence-electron chi connectivity index (χ2n) is 2.90. The van der Waals surface area contributed by atoms with Gasteiger partial charge in [0.2, 0.25) is 0 Å². The molecule has 0 aromatic carbocycles. The van der Waals surface area contributed by atoms with Gasteiger partial charge < -0.3 is 0 Å². The Bertz CT molecular complexity index is 101. The van der Waals surface area contributed by atoms with Crippen LogP contribution < -0.4 is 0 Å². The molecule has 0 aliphatic heterocycles. The van der Waals surface area contributed by atoms with Crippen LogP contribution in [-0.2, 0) is 0 Å². The maximum absolute atomic E-state index is 3.89. The quantitative estimate of drug-likeness (QED) is 0.403. The highest BCUT2D eigenvalue weighted by atomic mass is 15.0. The van der Waals surface area contributed by atoms with Crippen molar-refractivity contribution < 1.29 is 4.58 Å². The molecule has 0 bridgehead atoms. The predicted octanol–water partition coefficient (Wildman–Crippen LogP) is 1.91. The van der Waals surface area contributed by atoms with Crippen molar-refractivity contribution in [2.75, 3.05) is 7.05 Å². The second-order valence-corrected chi connectivity index (χ2v) is 2.90. The first-order valence-electron chi connectivity index (χ1n) is 3.61. The van der Waals surface area contributed by atoms with Crippen molar-refractivity contribution in [3.05, 3.63) is 0 Å². The molecule has 0 heterocycles. The molecular formula is C8H18N+. The first-order valence-corrected chi connectivity index (χ1v) is 3.61. The molecular weight excluding hydrogens is 110 g/mol. The van der Waals surface area contributed by atoms with E-state index in [0.29, 0.717) is 5.54 Å². The molecule has 0 N–H and O–H groups in total. The van der Waals surface area contributed by atoms with E-state index in [0.717, 1.165) is 0 Å². The summed E-state index contributed by atoms with van der Waals surface area (Å²) >= 11 is 0. The number of hydrogen-bond donors (Lipinski definition) is 0. The fourth-order valence-electron chi connectivity index (χ4n) is 0.790. The van der Waals surface area contributed by atoms with Crippen molar-refractivity contribution in [1.29, 1.82) is 0 Å². The first-order chi connectivity index (χ1) is 4.06. The lowest BCUT2D eigenvalue weighted by Crippen LogP contribution is -2.34. The van der Waals surface area contributed by atoms with E-state index in [1.54, 1.807) is 0 Å². The van der Waals surface area contributed by atoms with Crippen LogP contribution in [0.4, 0.5) is 0 Å². The Hall–Kier alpha value is -0.330. The summed E-state index contributed by atoms with van der Waals surface area (Å²) in [7, 11) is 2.03. The zero-order valence-electron chi connectivity index (χ0n) is 7.07. The van der Waals surface area contributed by atoms with Gasteiger partial charge in [0.15, 0.2) is 5.54 Å². The Kier molecular flexibility index (Phi) is 2.89. The van der Waals surface area contributed by atoms with Crippen molar-refractivity contribution in [1.82, 2.24) is 0 Å². The van der Waals surface area contributed by atoms with Gasteiger partial charge >= 0.3 is 0 Å². The molecule has 0 spiro atoms. The highest BCUT2D eigenvalue weighted by Gasteiger charge is 2.26. The molecule has 0 saturated carbocycles. The van der Waals surface area contributed by atoms with Crippen LogP contribution in [0.1, 0.15) is 33.6 Å². The smallest absolute Gasteiger partial charge is 0.158 e. The molecule has 0 aromatic heterocycles. The minimum absolute atomic E-state index is 0.306. The lowest BCUT2D eigenvalue weighted by molar-refractivity contribution is -0.573. The normalized spacial score (nSPS) is 11.6. The monoisotopic (exact) mass is 128 g/mol. The van der Waals surface area contributed by atoms with Gasteiger partial charge in [-0.05, 0) is 0 Å². The summed E-state index contributed by atoms with van der Waals surface area (Å²) < 4.78 is 2.05. The Morgan fingerprint density at radius 2 is 1.67 bits per heavy atom. The summed E-state index contributed by atoms with van der Waals surface area (Å²) in [6.07, 6.45) is 2.34. The molecule has 0 saturated heterocycles. The number of nitrogens with zero attached hydrogens (tertiary/aromatic N) is 1. The molecule has 0 radical (unpaired) electrons. The molecule has 1 heteroatoms. The van der Waals surface area contributed by atoms with Gasteiger partial charge in [0, 0.05) is 19.8 Å². The maximum Gasteiger partial charge on any atom is 0.158 e. The molecule has 0 aliphatic carbocycles. The van der Waals surface area contributed by atoms with E-state index in [9.17, 15) is 0 Å². The number of hydrogen-bond acceptors (Lipinski definition) is 0. The van der Waals surface area contributed by atoms with E-state index in [-0.39, 0.29) is 0 Å². The Balaban J connectivity index is 4.09. The minimum Gasteiger partial charge on any atom is -0.240 e. The lowest BCUT2D eigenvalue weighted by Gasteiger charge is -2.20. The van der Waals surface area contributed by atoms with Crippen molar-refractivity contribution in [2.45, 2.75) is 39.2 Å². The van der Waals surface area contributed by atoms with Gasteiger partial charge in [-0.1, -0.05) is 13.8 Å². The summed E-state index contributed by atoms with van der Waals surface area (Å²) in [4.78, 5) is 0. The first kappa shape index (κ1) is 8.67. The molecule has 9 heavy (non-hydrogen) atoms. The topological polar surface area (TPSA) is 3.01 Å². The number of rotatable bonds is 3. The van der Waals surface area contributed by atoms with E-state index >= 15 is 0 Å². The summed E-state index contributed by atoms with van der Waals surface area (Å²) in [6.45, 7) is 10.5. The van der Waals surface area contributed by atoms with E-state index in [4.69, 9.17) is 0 Å². The van der Waals surface area contributed by atoms with E-state index in [2.05, 4.69) is 27.5 Å². The minimum atomic E-state index is 0.306. The third-order valence-corrected chi connectivity index (χ3v) is 2.44. The van der Waals surface area contributed by atoms with Gasteiger partial charge in [-0.2, -0.15) is 0 Å². The van der Waals surface area contributed by atoms with Gasteiger partial charge in [-0.15, -0.1) is 0 Å². The largest absolute Gasteiger partial charge is 0.240 e. The molecule has 54 valence electrons. The third-order valence-electron chi connectivity index (χ3n) is 2.44. The second kappa shape index (κ2) is 3.00. The molecule has 0 unspecified atom stereocenters. The van der Waals surface area contributed by atoms with Crippen LogP contribution in [0.15, 0.2) is 0 Å². The Morgan fingerprint density at radius 3 is 1.67 bits per heavy atom. The third kappa shape index (κ3) is 1.81. The van der Waals surface area contributed by atoms with Crippen LogP contribution in [0.3, 0.4) is 0 Å². The van der Waals surface area contributed by atoms with Crippen LogP contribution >= 0.6 is 0 Å². The van der Waals surface area contributed by atoms with Gasteiger partial charge in [-0.3, -0.25) is 0 Å². The summed E-state index contributed by atoms with van der Waals surface area (Å²) in [5, 5.41) is 0. The van der Waals surface area contributed by atoms with Crippen LogP contribution in [0, 0.1) is 0 Å². The average Bonchev–Trinajstić information content (AvgIpc) is 1.86. The zero-order chi connectivity index (χ0) is 7.49. The van der Waals surface area contributed by atoms with E-state index in [1.807, 2.05) is 11.6 Å². The molecule has 0 aromatic rings. The van der Waals surface area contributed by atoms with Crippen LogP contribution in [0.5, 0.6) is 0 Å². The molecule has 0 amide bonds. The van der Waals surface area contributed by atoms with Crippen molar-refractivity contribution in [3.63, 3.8) is 0 Å². The Labute approximate surface area is 58.4 Å². The highest BCUT2D eigenvalue weighted by molar-refractivity contribution is 5.15. The van der Waals surface area contributed by atoms with E-state index < -0.39 is 0 Å². The summed E-state index contributed by atoms with van der Waals surface area (Å²) in [5.41, 5.74) is 0.306. The van der Waals surface area contributed by atoms with Crippen molar-refractivity contribution in [3.8, 4) is 0 Å². The zero-order valence-corrected chi connectivity index (χ0v) is 7.07. The molecule has 0 aliphatic rings. The van der Waals surface area contributed by atoms with Gasteiger partial charge in [0.1, 0.15) is 13.8 Å². The van der Waals surface area contributed by atoms with Crippen LogP contribution in [0.25, 0.3) is 0 Å². The highest BCUT2D eigenvalue weighted by Crippen LogP contribution is 2.16. The van der Waals surface area contributed by atoms with Crippen molar-refractivity contribution >= 4 is 6.72 Å². The predicted molar refractivity (Wildman–Crippen MR) is 42.3 cm³/mol. The van der Waals surface area contributed by atoms with Gasteiger partial charge in [0.25, 0.3) is 0 Å². The lowest BCUT2D eigenvalue weighted by atomic mass is 9.95. The average molecular weight is 128 g/mol. The van der Waals surface area contributed by atoms with Gasteiger partial charge in [0.05, 0.1) is 0 Å². The molecule has 0 atom stereocenters. The fraction of sp³-hybridized carbons (Fsp3) is 0.875. The summed E-state index contributed by atoms with van der Waals surface area (Å²) in [5.74, 6) is 0. The van der Waals surface area contributed by atoms with Gasteiger partial charge in [-0.25, -0.2) is 4.58 Å². The SMILES string of the molecule is C=[N+](C)C(C)(CC)CC. The fourth-order valence-corrected chi connectivity index (χ4v) is 0.790. The molecule has 1 nitrogen and oxygen atoms in total. The van der Waals surface area contributed by atoms with Crippen LogP contribution in [0.2, 0.25) is 0 Å². The standard InChI is InChI=1S/C8H18N/c1-6-8(3,7-2)9(4)5/h4,6-7H2,1-3,5H3/q+1. The van der Waals surface area contributed by atoms with Crippen molar-refractivity contribution in [2.24, 2.45) is 0 Å². The van der Waals surface area contributed by atoms with E-state index in [1.165, 1.54) is 12.8 Å². The molecule has 0 fully saturated rings. The Morgan fingerprint density at radius 1 is 1.33 bits per heavy atom. The molecule has 0 rings (SSSR count). The summed E-state index contributed by atoms with van der Waals surface area (Å²) in [6, 6.07) is 0.